The first-order valence-electron chi connectivity index (χ1n) is 5.56. The molecule has 4 N–H and O–H groups in total. The molecule has 2 amide bonds. The largest absolute Gasteiger partial charge is 0.472 e. The molecule has 0 aromatic heterocycles. The van der Waals surface area contributed by atoms with Gasteiger partial charge in [0.2, 0.25) is 5.91 Å². The van der Waals surface area contributed by atoms with Crippen molar-refractivity contribution < 1.29 is 24.0 Å². The molecule has 0 radical (unpaired) electrons. The van der Waals surface area contributed by atoms with Gasteiger partial charge in [-0.05, 0) is 17.0 Å². The molecule has 1 aliphatic rings. The molecule has 0 aliphatic heterocycles. The van der Waals surface area contributed by atoms with E-state index in [0.29, 0.717) is 10.9 Å². The van der Waals surface area contributed by atoms with Crippen LogP contribution in [0, 0.1) is 0 Å². The number of rotatable bonds is 5. The van der Waals surface area contributed by atoms with Crippen LogP contribution >= 0.6 is 15.9 Å². The van der Waals surface area contributed by atoms with Crippen LogP contribution in [0.25, 0.3) is 0 Å². The Bertz CT molecular complexity index is 439. The van der Waals surface area contributed by atoms with Crippen LogP contribution < -0.4 is 10.6 Å². The monoisotopic (exact) mass is 334 g/mol. The van der Waals surface area contributed by atoms with E-state index in [1.807, 2.05) is 0 Å². The second kappa shape index (κ2) is 7.42. The van der Waals surface area contributed by atoms with Crippen molar-refractivity contribution in [3.8, 4) is 0 Å². The quantitative estimate of drug-likeness (QED) is 0.511. The Hall–Kier alpha value is -1.19. The van der Waals surface area contributed by atoms with Crippen LogP contribution in [-0.4, -0.2) is 42.0 Å². The van der Waals surface area contributed by atoms with Gasteiger partial charge in [0, 0.05) is 6.42 Å². The molecular weight excluding hydrogens is 322 g/mol. The number of nitrogens with one attached hydrogen (secondary N) is 2. The maximum atomic E-state index is 13.4. The lowest BCUT2D eigenvalue weighted by Crippen LogP contribution is -2.41. The third kappa shape index (κ3) is 5.54. The Morgan fingerprint density at radius 1 is 1.37 bits per heavy atom. The summed E-state index contributed by atoms with van der Waals surface area (Å²) in [4.78, 5) is 22.8. The number of halogens is 2. The first-order valence-corrected chi connectivity index (χ1v) is 6.35. The SMILES string of the molecule is O=C(CNC(=O)C1=C(F)CCC(Br)=C1)NCB(O)O. The summed E-state index contributed by atoms with van der Waals surface area (Å²) in [5.41, 5.74) is -0.104. The van der Waals surface area contributed by atoms with E-state index in [9.17, 15) is 14.0 Å². The van der Waals surface area contributed by atoms with Crippen LogP contribution in [0.1, 0.15) is 12.8 Å². The highest BCUT2D eigenvalue weighted by Crippen LogP contribution is 2.28. The van der Waals surface area contributed by atoms with Gasteiger partial charge in [0.1, 0.15) is 5.83 Å². The van der Waals surface area contributed by atoms with Gasteiger partial charge in [0.15, 0.2) is 0 Å². The van der Waals surface area contributed by atoms with Gasteiger partial charge in [0.25, 0.3) is 5.91 Å². The first-order chi connectivity index (χ1) is 8.90. The van der Waals surface area contributed by atoms with Crippen LogP contribution in [0.15, 0.2) is 22.0 Å². The average molecular weight is 335 g/mol. The van der Waals surface area contributed by atoms with Crippen LogP contribution in [0.2, 0.25) is 0 Å². The van der Waals surface area contributed by atoms with Gasteiger partial charge in [-0.25, -0.2) is 4.39 Å². The van der Waals surface area contributed by atoms with E-state index in [-0.39, 0.29) is 25.0 Å². The minimum absolute atomic E-state index is 0.104. The standard InChI is InChI=1S/C10H13BBrFN2O4/c12-6-1-2-8(13)7(3-6)10(17)14-4-9(16)15-5-11(18)19/h3,18-19H,1-2,4-5H2,(H,14,17)(H,15,16). The van der Waals surface area contributed by atoms with E-state index in [1.165, 1.54) is 6.08 Å². The number of hydrogen-bond donors (Lipinski definition) is 4. The molecule has 0 unspecified atom stereocenters. The Labute approximate surface area is 118 Å². The topological polar surface area (TPSA) is 98.7 Å². The van der Waals surface area contributed by atoms with Gasteiger partial charge in [-0.2, -0.15) is 0 Å². The highest BCUT2D eigenvalue weighted by atomic mass is 79.9. The minimum atomic E-state index is -1.66. The summed E-state index contributed by atoms with van der Waals surface area (Å²) in [6.07, 6.45) is 1.68. The van der Waals surface area contributed by atoms with Crippen LogP contribution in [0.5, 0.6) is 0 Å². The molecular formula is C10H13BBrFN2O4. The molecule has 0 bridgehead atoms. The second-order valence-electron chi connectivity index (χ2n) is 3.88. The lowest BCUT2D eigenvalue weighted by Gasteiger charge is -2.12. The predicted octanol–water partition coefficient (Wildman–Crippen LogP) is -0.473. The number of carbonyl (C=O) groups excluding carboxylic acids is 2. The zero-order valence-corrected chi connectivity index (χ0v) is 11.5. The highest BCUT2D eigenvalue weighted by molar-refractivity contribution is 9.11. The van der Waals surface area contributed by atoms with Gasteiger partial charge in [-0.1, -0.05) is 15.9 Å². The Morgan fingerprint density at radius 3 is 2.68 bits per heavy atom. The van der Waals surface area contributed by atoms with Crippen LogP contribution in [0.4, 0.5) is 4.39 Å². The van der Waals surface area contributed by atoms with Gasteiger partial charge in [-0.15, -0.1) is 0 Å². The van der Waals surface area contributed by atoms with Crippen molar-refractivity contribution >= 4 is 34.9 Å². The molecule has 0 saturated carbocycles. The molecule has 0 aromatic rings. The van der Waals surface area contributed by atoms with Gasteiger partial charge < -0.3 is 20.7 Å². The maximum absolute atomic E-state index is 13.4. The second-order valence-corrected chi connectivity index (χ2v) is 4.90. The fourth-order valence-electron chi connectivity index (χ4n) is 1.38. The molecule has 0 spiro atoms. The van der Waals surface area contributed by atoms with Gasteiger partial charge in [-0.3, -0.25) is 9.59 Å². The first kappa shape index (κ1) is 15.9. The summed E-state index contributed by atoms with van der Waals surface area (Å²) < 4.78 is 14.2. The fourth-order valence-corrected chi connectivity index (χ4v) is 1.81. The van der Waals surface area contributed by atoms with E-state index < -0.39 is 24.8 Å². The summed E-state index contributed by atoms with van der Waals surface area (Å²) in [6, 6.07) is 0. The summed E-state index contributed by atoms with van der Waals surface area (Å²) in [5.74, 6) is -1.80. The third-order valence-electron chi connectivity index (χ3n) is 2.31. The zero-order chi connectivity index (χ0) is 14.4. The summed E-state index contributed by atoms with van der Waals surface area (Å²) >= 11 is 3.19. The molecule has 0 atom stereocenters. The van der Waals surface area contributed by atoms with Gasteiger partial charge in [0.05, 0.1) is 18.6 Å². The van der Waals surface area contributed by atoms with Crippen molar-refractivity contribution in [2.45, 2.75) is 12.8 Å². The molecule has 1 aliphatic carbocycles. The van der Waals surface area contributed by atoms with Crippen molar-refractivity contribution in [3.63, 3.8) is 0 Å². The number of amides is 2. The molecule has 9 heteroatoms. The van der Waals surface area contributed by atoms with Crippen molar-refractivity contribution in [1.82, 2.24) is 10.6 Å². The third-order valence-corrected chi connectivity index (χ3v) is 2.94. The molecule has 104 valence electrons. The van der Waals surface area contributed by atoms with E-state index >= 15 is 0 Å². The maximum Gasteiger partial charge on any atom is 0.472 e. The molecule has 0 heterocycles. The van der Waals surface area contributed by atoms with Crippen LogP contribution in [0.3, 0.4) is 0 Å². The number of hydrogen-bond acceptors (Lipinski definition) is 4. The average Bonchev–Trinajstić information content (AvgIpc) is 2.36. The normalized spacial score (nSPS) is 14.8. The Balaban J connectivity index is 2.45. The van der Waals surface area contributed by atoms with E-state index in [0.717, 1.165) is 0 Å². The molecule has 0 aromatic carbocycles. The summed E-state index contributed by atoms with van der Waals surface area (Å²) in [5, 5.41) is 21.5. The smallest absolute Gasteiger partial charge is 0.426 e. The molecule has 1 rings (SSSR count). The Kier molecular flexibility index (Phi) is 6.19. The van der Waals surface area contributed by atoms with Crippen LogP contribution in [-0.2, 0) is 9.59 Å². The van der Waals surface area contributed by atoms with Crippen molar-refractivity contribution in [2.24, 2.45) is 0 Å². The summed E-state index contributed by atoms with van der Waals surface area (Å²) in [7, 11) is -1.66. The lowest BCUT2D eigenvalue weighted by molar-refractivity contribution is -0.124. The number of allylic oxidation sites excluding steroid dienone is 2. The highest BCUT2D eigenvalue weighted by Gasteiger charge is 2.19. The minimum Gasteiger partial charge on any atom is -0.426 e. The Morgan fingerprint density at radius 2 is 2.05 bits per heavy atom. The lowest BCUT2D eigenvalue weighted by atomic mass is 9.92. The molecule has 0 saturated heterocycles. The molecule has 6 nitrogen and oxygen atoms in total. The van der Waals surface area contributed by atoms with E-state index in [1.54, 1.807) is 0 Å². The fraction of sp³-hybridized carbons (Fsp3) is 0.400. The van der Waals surface area contributed by atoms with Crippen molar-refractivity contribution in [1.29, 1.82) is 0 Å². The van der Waals surface area contributed by atoms with E-state index in [2.05, 4.69) is 26.6 Å². The van der Waals surface area contributed by atoms with Gasteiger partial charge >= 0.3 is 7.12 Å². The zero-order valence-electron chi connectivity index (χ0n) is 9.95. The van der Waals surface area contributed by atoms with Crippen molar-refractivity contribution in [3.05, 3.63) is 22.0 Å². The van der Waals surface area contributed by atoms with E-state index in [4.69, 9.17) is 10.0 Å². The molecule has 19 heavy (non-hydrogen) atoms. The number of carbonyl (C=O) groups is 2. The predicted molar refractivity (Wildman–Crippen MR) is 70.6 cm³/mol. The summed E-state index contributed by atoms with van der Waals surface area (Å²) in [6.45, 7) is -0.367. The van der Waals surface area contributed by atoms with Crippen molar-refractivity contribution in [2.75, 3.05) is 13.0 Å². The molecule has 0 fully saturated rings.